The van der Waals surface area contributed by atoms with Gasteiger partial charge in [-0.25, -0.2) is 9.48 Å². The fourth-order valence-corrected chi connectivity index (χ4v) is 3.85. The minimum atomic E-state index is -4.55. The maximum absolute atomic E-state index is 13.1. The van der Waals surface area contributed by atoms with Crippen molar-refractivity contribution in [1.29, 1.82) is 0 Å². The number of aryl methyl sites for hydroxylation is 2. The number of carbonyl (C=O) groups excluding carboxylic acids is 2. The summed E-state index contributed by atoms with van der Waals surface area (Å²) in [6.45, 7) is 9.78. The number of nitrogens with zero attached hydrogens (tertiary/aromatic N) is 3. The summed E-state index contributed by atoms with van der Waals surface area (Å²) >= 11 is 0. The SMILES string of the molecule is COCCN(CC(=O)Nc1cc(C(C)(C)C)nn1-c1ccc(C)cc1C)C(=O)Nc1cccc(C(F)(F)F)c1. The van der Waals surface area contributed by atoms with E-state index in [1.165, 1.54) is 24.1 Å². The second-order valence-electron chi connectivity index (χ2n) is 10.3. The van der Waals surface area contributed by atoms with Crippen molar-refractivity contribution in [3.8, 4) is 5.69 Å². The Kier molecular flexibility index (Phi) is 9.06. The molecule has 0 unspecified atom stereocenters. The van der Waals surface area contributed by atoms with Crippen LogP contribution in [0, 0.1) is 13.8 Å². The van der Waals surface area contributed by atoms with Crippen LogP contribution in [-0.2, 0) is 21.1 Å². The number of methoxy groups -OCH3 is 1. The maximum atomic E-state index is 13.1. The molecule has 0 aliphatic heterocycles. The molecule has 1 aromatic heterocycles. The number of aromatic nitrogens is 2. The number of ether oxygens (including phenoxy) is 1. The number of alkyl halides is 3. The summed E-state index contributed by atoms with van der Waals surface area (Å²) in [4.78, 5) is 27.3. The molecule has 0 saturated heterocycles. The number of halogens is 3. The molecule has 0 aliphatic carbocycles. The summed E-state index contributed by atoms with van der Waals surface area (Å²) in [6, 6.07) is 11.2. The van der Waals surface area contributed by atoms with Crippen molar-refractivity contribution in [2.45, 2.75) is 46.2 Å². The molecule has 2 aromatic carbocycles. The average Bonchev–Trinajstić information content (AvgIpc) is 3.25. The van der Waals surface area contributed by atoms with Crippen LogP contribution in [0.5, 0.6) is 0 Å². The van der Waals surface area contributed by atoms with Crippen LogP contribution in [0.15, 0.2) is 48.5 Å². The summed E-state index contributed by atoms with van der Waals surface area (Å²) in [5, 5.41) is 10.0. The molecule has 0 radical (unpaired) electrons. The lowest BCUT2D eigenvalue weighted by Gasteiger charge is -2.23. The third-order valence-electron chi connectivity index (χ3n) is 5.95. The Morgan fingerprint density at radius 2 is 1.74 bits per heavy atom. The molecule has 39 heavy (non-hydrogen) atoms. The van der Waals surface area contributed by atoms with Crippen molar-refractivity contribution in [1.82, 2.24) is 14.7 Å². The molecule has 0 fully saturated rings. The molecule has 3 rings (SSSR count). The van der Waals surface area contributed by atoms with Gasteiger partial charge in [0.1, 0.15) is 12.4 Å². The molecule has 0 saturated carbocycles. The third-order valence-corrected chi connectivity index (χ3v) is 5.95. The predicted molar refractivity (Wildman–Crippen MR) is 144 cm³/mol. The van der Waals surface area contributed by atoms with E-state index < -0.39 is 23.7 Å². The van der Waals surface area contributed by atoms with E-state index in [-0.39, 0.29) is 30.8 Å². The molecule has 0 aliphatic rings. The molecule has 8 nitrogen and oxygen atoms in total. The van der Waals surface area contributed by atoms with Crippen LogP contribution in [0.25, 0.3) is 5.69 Å². The predicted octanol–water partition coefficient (Wildman–Crippen LogP) is 5.92. The van der Waals surface area contributed by atoms with Crippen molar-refractivity contribution < 1.29 is 27.5 Å². The van der Waals surface area contributed by atoms with Crippen molar-refractivity contribution in [2.75, 3.05) is 37.4 Å². The highest BCUT2D eigenvalue weighted by Gasteiger charge is 2.31. The topological polar surface area (TPSA) is 88.5 Å². The maximum Gasteiger partial charge on any atom is 0.416 e. The summed E-state index contributed by atoms with van der Waals surface area (Å²) in [5.41, 5.74) is 2.39. The van der Waals surface area contributed by atoms with E-state index in [2.05, 4.69) is 10.6 Å². The first-order chi connectivity index (χ1) is 18.2. The van der Waals surface area contributed by atoms with Crippen LogP contribution < -0.4 is 10.6 Å². The fraction of sp³-hybridized carbons (Fsp3) is 0.393. The Morgan fingerprint density at radius 1 is 1.03 bits per heavy atom. The van der Waals surface area contributed by atoms with Crippen LogP contribution in [0.3, 0.4) is 0 Å². The van der Waals surface area contributed by atoms with Crippen LogP contribution in [0.1, 0.15) is 43.2 Å². The zero-order valence-electron chi connectivity index (χ0n) is 22.9. The quantitative estimate of drug-likeness (QED) is 0.368. The molecule has 3 amide bonds. The number of amides is 3. The summed E-state index contributed by atoms with van der Waals surface area (Å²) in [6.07, 6.45) is -4.55. The van der Waals surface area contributed by atoms with Gasteiger partial charge < -0.3 is 20.3 Å². The number of rotatable bonds is 8. The Hall–Kier alpha value is -3.86. The summed E-state index contributed by atoms with van der Waals surface area (Å²) in [5.74, 6) is -0.0708. The first-order valence-corrected chi connectivity index (χ1v) is 12.4. The molecular formula is C28H34F3N5O3. The van der Waals surface area contributed by atoms with E-state index >= 15 is 0 Å². The van der Waals surface area contributed by atoms with E-state index in [1.807, 2.05) is 52.8 Å². The number of benzene rings is 2. The molecule has 210 valence electrons. The largest absolute Gasteiger partial charge is 0.416 e. The Bertz CT molecular complexity index is 1330. The van der Waals surface area contributed by atoms with Gasteiger partial charge in [0.25, 0.3) is 0 Å². The van der Waals surface area contributed by atoms with Crippen molar-refractivity contribution in [2.24, 2.45) is 0 Å². The zero-order valence-corrected chi connectivity index (χ0v) is 22.9. The van der Waals surface area contributed by atoms with Crippen LogP contribution in [0.2, 0.25) is 0 Å². The van der Waals surface area contributed by atoms with E-state index in [1.54, 1.807) is 10.7 Å². The third kappa shape index (κ3) is 7.82. The highest BCUT2D eigenvalue weighted by molar-refractivity contribution is 5.96. The molecule has 0 atom stereocenters. The van der Waals surface area contributed by atoms with Gasteiger partial charge in [-0.1, -0.05) is 44.5 Å². The molecule has 2 N–H and O–H groups in total. The van der Waals surface area contributed by atoms with Crippen molar-refractivity contribution >= 4 is 23.4 Å². The van der Waals surface area contributed by atoms with Crippen LogP contribution in [-0.4, -0.2) is 53.4 Å². The van der Waals surface area contributed by atoms with Gasteiger partial charge in [0.15, 0.2) is 0 Å². The monoisotopic (exact) mass is 545 g/mol. The second kappa shape index (κ2) is 11.9. The Labute approximate surface area is 226 Å². The molecule has 0 spiro atoms. The number of hydrogen-bond donors (Lipinski definition) is 2. The van der Waals surface area contributed by atoms with Gasteiger partial charge in [0, 0.05) is 30.8 Å². The normalized spacial score (nSPS) is 11.8. The van der Waals surface area contributed by atoms with Gasteiger partial charge in [-0.2, -0.15) is 18.3 Å². The number of urea groups is 1. The highest BCUT2D eigenvalue weighted by atomic mass is 19.4. The standard InChI is InChI=1S/C28H34F3N5O3/c1-18-10-11-22(19(2)14-18)36-24(16-23(34-36)27(3,4)5)33-25(37)17-35(12-13-39-6)26(38)32-21-9-7-8-20(15-21)28(29,30)31/h7-11,14-16H,12-13,17H2,1-6H3,(H,32,38)(H,33,37). The van der Waals surface area contributed by atoms with Gasteiger partial charge in [-0.05, 0) is 43.7 Å². The van der Waals surface area contributed by atoms with E-state index in [4.69, 9.17) is 9.84 Å². The summed E-state index contributed by atoms with van der Waals surface area (Å²) < 4.78 is 46.0. The van der Waals surface area contributed by atoms with Gasteiger partial charge >= 0.3 is 12.2 Å². The second-order valence-corrected chi connectivity index (χ2v) is 10.3. The summed E-state index contributed by atoms with van der Waals surface area (Å²) in [7, 11) is 1.44. The van der Waals surface area contributed by atoms with Crippen LogP contribution >= 0.6 is 0 Å². The molecule has 1 heterocycles. The molecule has 0 bridgehead atoms. The lowest BCUT2D eigenvalue weighted by atomic mass is 9.92. The Morgan fingerprint density at radius 3 is 2.36 bits per heavy atom. The van der Waals surface area contributed by atoms with Gasteiger partial charge in [0.2, 0.25) is 5.91 Å². The lowest BCUT2D eigenvalue weighted by molar-refractivity contribution is -0.137. The smallest absolute Gasteiger partial charge is 0.383 e. The first kappa shape index (κ1) is 29.7. The minimum Gasteiger partial charge on any atom is -0.383 e. The van der Waals surface area contributed by atoms with Gasteiger partial charge in [-0.3, -0.25) is 4.79 Å². The molecular weight excluding hydrogens is 511 g/mol. The first-order valence-electron chi connectivity index (χ1n) is 12.4. The number of carbonyl (C=O) groups is 2. The highest BCUT2D eigenvalue weighted by Crippen LogP contribution is 2.31. The fourth-order valence-electron chi connectivity index (χ4n) is 3.85. The minimum absolute atomic E-state index is 0.0400. The Balaban J connectivity index is 1.83. The van der Waals surface area contributed by atoms with Crippen molar-refractivity contribution in [3.05, 3.63) is 70.9 Å². The van der Waals surface area contributed by atoms with Gasteiger partial charge in [0.05, 0.1) is 23.6 Å². The number of nitrogens with one attached hydrogen (secondary N) is 2. The molecule has 11 heteroatoms. The molecule has 3 aromatic rings. The van der Waals surface area contributed by atoms with Crippen molar-refractivity contribution in [3.63, 3.8) is 0 Å². The van der Waals surface area contributed by atoms with Crippen LogP contribution in [0.4, 0.5) is 29.5 Å². The lowest BCUT2D eigenvalue weighted by Crippen LogP contribution is -2.42. The zero-order chi connectivity index (χ0) is 29.0. The van der Waals surface area contributed by atoms with Gasteiger partial charge in [-0.15, -0.1) is 0 Å². The number of anilines is 2. The van der Waals surface area contributed by atoms with E-state index in [0.717, 1.165) is 34.6 Å². The van der Waals surface area contributed by atoms with E-state index in [0.29, 0.717) is 5.82 Å². The van der Waals surface area contributed by atoms with E-state index in [9.17, 15) is 22.8 Å². The number of hydrogen-bond acceptors (Lipinski definition) is 4. The average molecular weight is 546 g/mol.